The highest BCUT2D eigenvalue weighted by Gasteiger charge is 2.08. The highest BCUT2D eigenvalue weighted by molar-refractivity contribution is 9.10. The monoisotopic (exact) mass is 331 g/mol. The van der Waals surface area contributed by atoms with E-state index >= 15 is 0 Å². The Morgan fingerprint density at radius 1 is 1.30 bits per heavy atom. The van der Waals surface area contributed by atoms with Gasteiger partial charge < -0.3 is 5.32 Å². The van der Waals surface area contributed by atoms with Crippen molar-refractivity contribution in [3.63, 3.8) is 0 Å². The van der Waals surface area contributed by atoms with Gasteiger partial charge in [0.15, 0.2) is 0 Å². The molecule has 1 N–H and O–H groups in total. The average molecular weight is 332 g/mol. The number of halogens is 1. The molecule has 6 heteroatoms. The Bertz CT molecular complexity index is 695. The van der Waals surface area contributed by atoms with Gasteiger partial charge in [0.1, 0.15) is 0 Å². The minimum Gasteiger partial charge on any atom is -0.380 e. The molecular formula is C14H10BrN3O2. The molecule has 0 aromatic heterocycles. The van der Waals surface area contributed by atoms with Crippen LogP contribution in [0, 0.1) is 21.4 Å². The zero-order valence-electron chi connectivity index (χ0n) is 10.3. The molecule has 2 aromatic rings. The van der Waals surface area contributed by atoms with Crippen molar-refractivity contribution in [2.45, 2.75) is 6.54 Å². The second kappa shape index (κ2) is 6.17. The van der Waals surface area contributed by atoms with Gasteiger partial charge in [-0.15, -0.1) is 0 Å². The topological polar surface area (TPSA) is 79.0 Å². The number of nitrogens with one attached hydrogen (secondary N) is 1. The van der Waals surface area contributed by atoms with Crippen LogP contribution in [0.1, 0.15) is 11.1 Å². The summed E-state index contributed by atoms with van der Waals surface area (Å²) < 4.78 is 0.628. The van der Waals surface area contributed by atoms with Gasteiger partial charge in [-0.25, -0.2) is 0 Å². The van der Waals surface area contributed by atoms with E-state index in [2.05, 4.69) is 27.3 Å². The first-order chi connectivity index (χ1) is 9.60. The fourth-order valence-corrected chi connectivity index (χ4v) is 2.22. The van der Waals surface area contributed by atoms with Crippen molar-refractivity contribution in [2.75, 3.05) is 5.32 Å². The Balaban J connectivity index is 2.11. The van der Waals surface area contributed by atoms with Crippen molar-refractivity contribution in [3.05, 3.63) is 68.2 Å². The molecule has 0 spiro atoms. The molecule has 0 heterocycles. The van der Waals surface area contributed by atoms with E-state index in [1.165, 1.54) is 12.1 Å². The average Bonchev–Trinajstić information content (AvgIpc) is 2.46. The Hall–Kier alpha value is -2.39. The molecule has 2 aromatic carbocycles. The van der Waals surface area contributed by atoms with E-state index in [-0.39, 0.29) is 5.69 Å². The first-order valence-electron chi connectivity index (χ1n) is 5.77. The van der Waals surface area contributed by atoms with Crippen LogP contribution >= 0.6 is 15.9 Å². The first-order valence-corrected chi connectivity index (χ1v) is 6.56. The maximum atomic E-state index is 10.6. The molecule has 0 bridgehead atoms. The normalized spacial score (nSPS) is 9.80. The zero-order valence-corrected chi connectivity index (χ0v) is 11.9. The summed E-state index contributed by atoms with van der Waals surface area (Å²) in [6, 6.07) is 13.9. The van der Waals surface area contributed by atoms with Gasteiger partial charge >= 0.3 is 0 Å². The van der Waals surface area contributed by atoms with Crippen LogP contribution in [0.2, 0.25) is 0 Å². The predicted molar refractivity (Wildman–Crippen MR) is 79.3 cm³/mol. The minimum absolute atomic E-state index is 0.0360. The molecule has 0 atom stereocenters. The molecule has 100 valence electrons. The number of rotatable bonds is 4. The van der Waals surface area contributed by atoms with Crippen LogP contribution in [0.25, 0.3) is 0 Å². The number of nitriles is 1. The van der Waals surface area contributed by atoms with Crippen LogP contribution in [-0.4, -0.2) is 4.92 Å². The van der Waals surface area contributed by atoms with E-state index in [4.69, 9.17) is 5.26 Å². The van der Waals surface area contributed by atoms with Crippen LogP contribution in [0.4, 0.5) is 11.4 Å². The Morgan fingerprint density at radius 2 is 2.10 bits per heavy atom. The standard InChI is InChI=1S/C14H10BrN3O2/c15-13-7-12(18(19)20)4-5-14(13)17-9-11-3-1-2-10(6-11)8-16/h1-7,17H,9H2. The lowest BCUT2D eigenvalue weighted by atomic mass is 10.1. The predicted octanol–water partition coefficient (Wildman–Crippen LogP) is 3.84. The molecule has 0 aliphatic carbocycles. The molecule has 0 aliphatic heterocycles. The molecule has 5 nitrogen and oxygen atoms in total. The van der Waals surface area contributed by atoms with Crippen LogP contribution in [0.5, 0.6) is 0 Å². The van der Waals surface area contributed by atoms with E-state index in [0.717, 1.165) is 11.3 Å². The van der Waals surface area contributed by atoms with Gasteiger partial charge in [0.2, 0.25) is 0 Å². The number of hydrogen-bond donors (Lipinski definition) is 1. The maximum Gasteiger partial charge on any atom is 0.270 e. The smallest absolute Gasteiger partial charge is 0.270 e. The Labute approximate surface area is 124 Å². The van der Waals surface area contributed by atoms with Gasteiger partial charge in [0, 0.05) is 28.8 Å². The van der Waals surface area contributed by atoms with Crippen molar-refractivity contribution in [1.82, 2.24) is 0 Å². The third-order valence-electron chi connectivity index (χ3n) is 2.70. The number of nitro benzene ring substituents is 1. The largest absolute Gasteiger partial charge is 0.380 e. The molecule has 2 rings (SSSR count). The van der Waals surface area contributed by atoms with E-state index in [1.807, 2.05) is 12.1 Å². The molecule has 0 saturated carbocycles. The van der Waals surface area contributed by atoms with Crippen molar-refractivity contribution in [3.8, 4) is 6.07 Å². The summed E-state index contributed by atoms with van der Waals surface area (Å²) in [6.07, 6.45) is 0. The highest BCUT2D eigenvalue weighted by atomic mass is 79.9. The number of hydrogen-bond acceptors (Lipinski definition) is 4. The second-order valence-corrected chi connectivity index (χ2v) is 4.94. The number of nitro groups is 1. The number of anilines is 1. The minimum atomic E-state index is -0.440. The summed E-state index contributed by atoms with van der Waals surface area (Å²) in [5, 5.41) is 22.6. The Morgan fingerprint density at radius 3 is 2.75 bits per heavy atom. The SMILES string of the molecule is N#Cc1cccc(CNc2ccc([N+](=O)[O-])cc2Br)c1. The lowest BCUT2D eigenvalue weighted by Gasteiger charge is -2.08. The van der Waals surface area contributed by atoms with Crippen molar-refractivity contribution >= 4 is 27.3 Å². The van der Waals surface area contributed by atoms with Crippen molar-refractivity contribution in [1.29, 1.82) is 5.26 Å². The third kappa shape index (κ3) is 3.33. The highest BCUT2D eigenvalue weighted by Crippen LogP contribution is 2.27. The fourth-order valence-electron chi connectivity index (χ4n) is 1.71. The summed E-state index contributed by atoms with van der Waals surface area (Å²) in [5.74, 6) is 0. The molecule has 20 heavy (non-hydrogen) atoms. The third-order valence-corrected chi connectivity index (χ3v) is 3.36. The number of benzene rings is 2. The van der Waals surface area contributed by atoms with E-state index < -0.39 is 4.92 Å². The molecule has 0 amide bonds. The van der Waals surface area contributed by atoms with Crippen molar-refractivity contribution < 1.29 is 4.92 Å². The van der Waals surface area contributed by atoms with Crippen LogP contribution in [0.3, 0.4) is 0 Å². The van der Waals surface area contributed by atoms with Crippen LogP contribution in [0.15, 0.2) is 46.9 Å². The summed E-state index contributed by atoms with van der Waals surface area (Å²) in [6.45, 7) is 0.534. The van der Waals surface area contributed by atoms with Crippen LogP contribution in [-0.2, 0) is 6.54 Å². The number of nitrogens with zero attached hydrogens (tertiary/aromatic N) is 2. The van der Waals surface area contributed by atoms with Gasteiger partial charge in [0.25, 0.3) is 5.69 Å². The van der Waals surface area contributed by atoms with Crippen molar-refractivity contribution in [2.24, 2.45) is 0 Å². The summed E-state index contributed by atoms with van der Waals surface area (Å²) >= 11 is 3.30. The first kappa shape index (κ1) is 14.0. The molecule has 0 unspecified atom stereocenters. The van der Waals surface area contributed by atoms with Gasteiger partial charge in [-0.1, -0.05) is 12.1 Å². The second-order valence-electron chi connectivity index (χ2n) is 4.09. The van der Waals surface area contributed by atoms with E-state index in [9.17, 15) is 10.1 Å². The lowest BCUT2D eigenvalue weighted by Crippen LogP contribution is -2.00. The number of non-ortho nitro benzene ring substituents is 1. The van der Waals surface area contributed by atoms with Gasteiger partial charge in [0.05, 0.1) is 16.6 Å². The van der Waals surface area contributed by atoms with Crippen LogP contribution < -0.4 is 5.32 Å². The van der Waals surface area contributed by atoms with Gasteiger partial charge in [-0.05, 0) is 39.7 Å². The molecule has 0 radical (unpaired) electrons. The van der Waals surface area contributed by atoms with Gasteiger partial charge in [-0.3, -0.25) is 10.1 Å². The van der Waals surface area contributed by atoms with E-state index in [1.54, 1.807) is 18.2 Å². The molecule has 0 saturated heterocycles. The maximum absolute atomic E-state index is 10.6. The lowest BCUT2D eigenvalue weighted by molar-refractivity contribution is -0.384. The molecule has 0 fully saturated rings. The summed E-state index contributed by atoms with van der Waals surface area (Å²) in [7, 11) is 0. The molecular weight excluding hydrogens is 322 g/mol. The zero-order chi connectivity index (χ0) is 14.5. The molecule has 0 aliphatic rings. The van der Waals surface area contributed by atoms with E-state index in [0.29, 0.717) is 16.6 Å². The summed E-state index contributed by atoms with van der Waals surface area (Å²) in [5.41, 5.74) is 2.37. The quantitative estimate of drug-likeness (QED) is 0.681. The van der Waals surface area contributed by atoms with Gasteiger partial charge in [-0.2, -0.15) is 5.26 Å². The summed E-state index contributed by atoms with van der Waals surface area (Å²) in [4.78, 5) is 10.2. The fraction of sp³-hybridized carbons (Fsp3) is 0.0714. The Kier molecular flexibility index (Phi) is 4.33.